The molecule has 8 heteroatoms. The molecule has 0 aliphatic carbocycles. The van der Waals surface area contributed by atoms with Crippen molar-refractivity contribution in [3.8, 4) is 11.5 Å². The number of allylic oxidation sites excluding steroid dienone is 1. The molecule has 0 bridgehead atoms. The van der Waals surface area contributed by atoms with Crippen LogP contribution in [0.1, 0.15) is 38.7 Å². The number of halogens is 1. The highest BCUT2D eigenvalue weighted by atomic mass is 79.9. The van der Waals surface area contributed by atoms with Crippen molar-refractivity contribution in [1.82, 2.24) is 5.32 Å². The molecule has 0 aromatic heterocycles. The van der Waals surface area contributed by atoms with E-state index in [2.05, 4.69) is 21.2 Å². The van der Waals surface area contributed by atoms with Gasteiger partial charge in [0, 0.05) is 22.5 Å². The van der Waals surface area contributed by atoms with E-state index in [9.17, 15) is 9.59 Å². The van der Waals surface area contributed by atoms with Crippen molar-refractivity contribution >= 4 is 27.8 Å². The van der Waals surface area contributed by atoms with E-state index in [0.29, 0.717) is 29.4 Å². The molecule has 1 N–H and O–H groups in total. The summed E-state index contributed by atoms with van der Waals surface area (Å²) < 4.78 is 22.3. The lowest BCUT2D eigenvalue weighted by atomic mass is 9.84. The minimum Gasteiger partial charge on any atom is -0.460 e. The lowest BCUT2D eigenvalue weighted by molar-refractivity contribution is -0.141. The van der Waals surface area contributed by atoms with E-state index >= 15 is 0 Å². The second-order valence-corrected chi connectivity index (χ2v) is 7.48. The van der Waals surface area contributed by atoms with Gasteiger partial charge >= 0.3 is 5.97 Å². The molecule has 2 aliphatic rings. The van der Waals surface area contributed by atoms with E-state index in [1.54, 1.807) is 19.1 Å². The molecular weight excluding hydrogens is 418 g/mol. The lowest BCUT2D eigenvalue weighted by Crippen LogP contribution is -2.34. The molecule has 2 aliphatic heterocycles. The van der Waals surface area contributed by atoms with Crippen molar-refractivity contribution in [3.63, 3.8) is 0 Å². The molecule has 3 rings (SSSR count). The highest BCUT2D eigenvalue weighted by Gasteiger charge is 2.35. The maximum Gasteiger partial charge on any atom is 0.336 e. The van der Waals surface area contributed by atoms with Gasteiger partial charge in [0.15, 0.2) is 11.5 Å². The van der Waals surface area contributed by atoms with Gasteiger partial charge in [-0.25, -0.2) is 4.79 Å². The van der Waals surface area contributed by atoms with E-state index in [-0.39, 0.29) is 31.8 Å². The zero-order valence-electron chi connectivity index (χ0n) is 15.5. The van der Waals surface area contributed by atoms with Crippen LogP contribution in [0.2, 0.25) is 0 Å². The number of esters is 1. The number of nitrogens with one attached hydrogen (secondary N) is 1. The Bertz CT molecular complexity index is 789. The van der Waals surface area contributed by atoms with Crippen LogP contribution in [0.4, 0.5) is 0 Å². The second kappa shape index (κ2) is 8.31. The molecule has 1 aromatic carbocycles. The van der Waals surface area contributed by atoms with Gasteiger partial charge in [0.25, 0.3) is 0 Å². The fourth-order valence-corrected chi connectivity index (χ4v) is 3.73. The van der Waals surface area contributed by atoms with Crippen LogP contribution in [0.3, 0.4) is 0 Å². The van der Waals surface area contributed by atoms with Gasteiger partial charge in [0.2, 0.25) is 12.7 Å². The number of amides is 1. The summed E-state index contributed by atoms with van der Waals surface area (Å²) in [5.74, 6) is 0.161. The molecule has 1 amide bonds. The van der Waals surface area contributed by atoms with E-state index in [1.807, 2.05) is 13.8 Å². The standard InChI is InChI=1S/C19H22BrNO6/c1-10(2)24-4-5-25-19(23)18-11(3)21-17(22)7-13(18)12-6-15-16(8-14(12)20)27-9-26-15/h6,8,10,13H,4-5,7,9H2,1-3H3,(H,21,22)/t13-/m0/s1. The summed E-state index contributed by atoms with van der Waals surface area (Å²) in [6, 6.07) is 3.59. The van der Waals surface area contributed by atoms with Crippen LogP contribution in [0, 0.1) is 0 Å². The highest BCUT2D eigenvalue weighted by Crippen LogP contribution is 2.43. The van der Waals surface area contributed by atoms with Gasteiger partial charge in [-0.05, 0) is 38.5 Å². The van der Waals surface area contributed by atoms with Gasteiger partial charge in [0.05, 0.1) is 18.3 Å². The van der Waals surface area contributed by atoms with Gasteiger partial charge in [-0.2, -0.15) is 0 Å². The number of carbonyl (C=O) groups is 2. The van der Waals surface area contributed by atoms with E-state index in [4.69, 9.17) is 18.9 Å². The summed E-state index contributed by atoms with van der Waals surface area (Å²) in [4.78, 5) is 24.8. The molecule has 0 fully saturated rings. The quantitative estimate of drug-likeness (QED) is 0.541. The Labute approximate surface area is 166 Å². The van der Waals surface area contributed by atoms with E-state index < -0.39 is 11.9 Å². The molecule has 0 saturated carbocycles. The summed E-state index contributed by atoms with van der Waals surface area (Å²) in [5, 5.41) is 2.73. The van der Waals surface area contributed by atoms with Crippen molar-refractivity contribution in [3.05, 3.63) is 33.4 Å². The first-order valence-corrected chi connectivity index (χ1v) is 9.54. The van der Waals surface area contributed by atoms with Gasteiger partial charge in [-0.15, -0.1) is 0 Å². The van der Waals surface area contributed by atoms with Crippen molar-refractivity contribution in [2.75, 3.05) is 20.0 Å². The van der Waals surface area contributed by atoms with Crippen molar-refractivity contribution in [2.45, 2.75) is 39.2 Å². The summed E-state index contributed by atoms with van der Waals surface area (Å²) in [7, 11) is 0. The Morgan fingerprint density at radius 1 is 1.30 bits per heavy atom. The topological polar surface area (TPSA) is 83.1 Å². The van der Waals surface area contributed by atoms with E-state index in [0.717, 1.165) is 10.0 Å². The van der Waals surface area contributed by atoms with Crippen LogP contribution in [0.5, 0.6) is 11.5 Å². The van der Waals surface area contributed by atoms with Crippen LogP contribution in [0.25, 0.3) is 0 Å². The van der Waals surface area contributed by atoms with Gasteiger partial charge in [-0.1, -0.05) is 15.9 Å². The second-order valence-electron chi connectivity index (χ2n) is 6.63. The zero-order valence-corrected chi connectivity index (χ0v) is 17.1. The lowest BCUT2D eigenvalue weighted by Gasteiger charge is -2.27. The largest absolute Gasteiger partial charge is 0.460 e. The van der Waals surface area contributed by atoms with Gasteiger partial charge in [-0.3, -0.25) is 4.79 Å². The smallest absolute Gasteiger partial charge is 0.336 e. The number of benzene rings is 1. The van der Waals surface area contributed by atoms with Gasteiger partial charge < -0.3 is 24.3 Å². The molecule has 0 radical (unpaired) electrons. The Balaban J connectivity index is 1.85. The number of hydrogen-bond acceptors (Lipinski definition) is 6. The monoisotopic (exact) mass is 439 g/mol. The molecule has 2 heterocycles. The minimum absolute atomic E-state index is 0.0657. The molecule has 7 nitrogen and oxygen atoms in total. The third-order valence-corrected chi connectivity index (χ3v) is 5.01. The van der Waals surface area contributed by atoms with Crippen LogP contribution in [0.15, 0.2) is 27.9 Å². The third-order valence-electron chi connectivity index (χ3n) is 4.32. The van der Waals surface area contributed by atoms with Crippen molar-refractivity contribution < 1.29 is 28.5 Å². The maximum absolute atomic E-state index is 12.7. The summed E-state index contributed by atoms with van der Waals surface area (Å²) in [5.41, 5.74) is 1.70. The van der Waals surface area contributed by atoms with Crippen LogP contribution in [-0.4, -0.2) is 38.0 Å². The molecule has 0 unspecified atom stereocenters. The fraction of sp³-hybridized carbons (Fsp3) is 0.474. The molecule has 0 saturated heterocycles. The average Bonchev–Trinajstić information content (AvgIpc) is 3.04. The number of rotatable bonds is 6. The van der Waals surface area contributed by atoms with Crippen LogP contribution < -0.4 is 14.8 Å². The molecular formula is C19H22BrNO6. The summed E-state index contributed by atoms with van der Waals surface area (Å²) >= 11 is 3.52. The summed E-state index contributed by atoms with van der Waals surface area (Å²) in [6.07, 6.45) is 0.207. The molecule has 1 aromatic rings. The fourth-order valence-electron chi connectivity index (χ4n) is 3.13. The number of carbonyl (C=O) groups excluding carboxylic acids is 2. The average molecular weight is 440 g/mol. The van der Waals surface area contributed by atoms with Crippen LogP contribution in [-0.2, 0) is 19.1 Å². The normalized spacial score (nSPS) is 18.7. The zero-order chi connectivity index (χ0) is 19.6. The Morgan fingerprint density at radius 2 is 2.00 bits per heavy atom. The first kappa shape index (κ1) is 19.7. The summed E-state index contributed by atoms with van der Waals surface area (Å²) in [6.45, 7) is 6.15. The Morgan fingerprint density at radius 3 is 2.70 bits per heavy atom. The molecule has 27 heavy (non-hydrogen) atoms. The predicted octanol–water partition coefficient (Wildman–Crippen LogP) is 3.02. The Hall–Kier alpha value is -2.06. The maximum atomic E-state index is 12.7. The predicted molar refractivity (Wildman–Crippen MR) is 101 cm³/mol. The van der Waals surface area contributed by atoms with Crippen molar-refractivity contribution in [1.29, 1.82) is 0 Å². The van der Waals surface area contributed by atoms with Crippen LogP contribution >= 0.6 is 15.9 Å². The Kier molecular flexibility index (Phi) is 6.06. The number of fused-ring (bicyclic) bond motifs is 1. The SMILES string of the molecule is CC1=C(C(=O)OCCOC(C)C)[C@H](c2cc3c(cc2Br)OCO3)CC(=O)N1. The van der Waals surface area contributed by atoms with E-state index in [1.165, 1.54) is 0 Å². The molecule has 1 atom stereocenters. The third kappa shape index (κ3) is 4.44. The van der Waals surface area contributed by atoms with Crippen molar-refractivity contribution in [2.24, 2.45) is 0 Å². The highest BCUT2D eigenvalue weighted by molar-refractivity contribution is 9.10. The molecule has 146 valence electrons. The number of hydrogen-bond donors (Lipinski definition) is 1. The first-order valence-electron chi connectivity index (χ1n) is 8.75. The minimum atomic E-state index is -0.463. The molecule has 0 spiro atoms. The van der Waals surface area contributed by atoms with Gasteiger partial charge in [0.1, 0.15) is 6.61 Å². The number of ether oxygens (including phenoxy) is 4. The first-order chi connectivity index (χ1) is 12.9.